The Hall–Kier alpha value is -2.00. The molecule has 0 aromatic heterocycles. The topological polar surface area (TPSA) is 38.7 Å². The Morgan fingerprint density at radius 3 is 2.80 bits per heavy atom. The lowest BCUT2D eigenvalue weighted by Gasteiger charge is -2.15. The summed E-state index contributed by atoms with van der Waals surface area (Å²) in [5, 5.41) is 10.3. The number of aliphatic hydroxyl groups excluding tert-OH is 1. The number of ether oxygens (including phenoxy) is 2. The van der Waals surface area contributed by atoms with E-state index in [0.29, 0.717) is 19.6 Å². The average molecular weight is 270 g/mol. The predicted octanol–water partition coefficient (Wildman–Crippen LogP) is 3.12. The molecule has 0 saturated heterocycles. The van der Waals surface area contributed by atoms with Gasteiger partial charge in [-0.1, -0.05) is 36.4 Å². The van der Waals surface area contributed by atoms with Crippen LogP contribution in [0, 0.1) is 0 Å². The molecule has 0 saturated carbocycles. The van der Waals surface area contributed by atoms with Crippen LogP contribution in [0.15, 0.2) is 48.5 Å². The van der Waals surface area contributed by atoms with Gasteiger partial charge in [0.05, 0.1) is 19.3 Å². The lowest BCUT2D eigenvalue weighted by atomic mass is 10.0. The second kappa shape index (κ2) is 5.97. The highest BCUT2D eigenvalue weighted by atomic mass is 16.5. The standard InChI is InChI=1S/C17H18O3/c18-16(10-12-19-14-6-2-1-3-7-14)15-8-4-5-13-9-11-20-17(13)15/h1-8,16,18H,9-12H2. The molecule has 0 spiro atoms. The molecular weight excluding hydrogens is 252 g/mol. The summed E-state index contributed by atoms with van der Waals surface area (Å²) in [7, 11) is 0. The monoisotopic (exact) mass is 270 g/mol. The Bertz CT molecular complexity index is 566. The normalized spacial score (nSPS) is 14.4. The first-order valence-corrected chi connectivity index (χ1v) is 6.95. The van der Waals surface area contributed by atoms with Gasteiger partial charge in [-0.15, -0.1) is 0 Å². The Morgan fingerprint density at radius 2 is 1.95 bits per heavy atom. The summed E-state index contributed by atoms with van der Waals surface area (Å²) >= 11 is 0. The van der Waals surface area contributed by atoms with Crippen LogP contribution in [0.1, 0.15) is 23.7 Å². The van der Waals surface area contributed by atoms with Crippen molar-refractivity contribution in [3.05, 3.63) is 59.7 Å². The zero-order valence-electron chi connectivity index (χ0n) is 11.3. The molecule has 1 heterocycles. The van der Waals surface area contributed by atoms with Gasteiger partial charge in [0.15, 0.2) is 0 Å². The summed E-state index contributed by atoms with van der Waals surface area (Å²) in [5.74, 6) is 1.69. The molecule has 20 heavy (non-hydrogen) atoms. The summed E-state index contributed by atoms with van der Waals surface area (Å²) < 4.78 is 11.2. The third-order valence-corrected chi connectivity index (χ3v) is 3.51. The van der Waals surface area contributed by atoms with Gasteiger partial charge in [0.1, 0.15) is 11.5 Å². The average Bonchev–Trinajstić information content (AvgIpc) is 2.96. The fourth-order valence-electron chi connectivity index (χ4n) is 2.46. The zero-order valence-corrected chi connectivity index (χ0v) is 11.3. The molecule has 0 fully saturated rings. The van der Waals surface area contributed by atoms with Crippen LogP contribution in [-0.4, -0.2) is 18.3 Å². The highest BCUT2D eigenvalue weighted by Crippen LogP contribution is 2.34. The van der Waals surface area contributed by atoms with E-state index in [2.05, 4.69) is 6.07 Å². The quantitative estimate of drug-likeness (QED) is 0.907. The van der Waals surface area contributed by atoms with Crippen LogP contribution in [0.5, 0.6) is 11.5 Å². The summed E-state index contributed by atoms with van der Waals surface area (Å²) in [6.45, 7) is 1.19. The van der Waals surface area contributed by atoms with Crippen LogP contribution in [0.2, 0.25) is 0 Å². The van der Waals surface area contributed by atoms with Gasteiger partial charge in [-0.25, -0.2) is 0 Å². The number of rotatable bonds is 5. The van der Waals surface area contributed by atoms with Crippen molar-refractivity contribution in [2.45, 2.75) is 18.9 Å². The van der Waals surface area contributed by atoms with Crippen LogP contribution in [-0.2, 0) is 6.42 Å². The van der Waals surface area contributed by atoms with E-state index in [4.69, 9.17) is 9.47 Å². The fourth-order valence-corrected chi connectivity index (χ4v) is 2.46. The second-order valence-electron chi connectivity index (χ2n) is 4.90. The highest BCUT2D eigenvalue weighted by molar-refractivity contribution is 5.45. The third kappa shape index (κ3) is 2.78. The van der Waals surface area contributed by atoms with Gasteiger partial charge >= 0.3 is 0 Å². The van der Waals surface area contributed by atoms with Crippen molar-refractivity contribution < 1.29 is 14.6 Å². The minimum absolute atomic E-state index is 0.481. The molecule has 1 N–H and O–H groups in total. The van der Waals surface area contributed by atoms with Crippen molar-refractivity contribution in [3.63, 3.8) is 0 Å². The molecular formula is C17H18O3. The molecule has 104 valence electrons. The molecule has 1 aliphatic rings. The largest absolute Gasteiger partial charge is 0.493 e. The maximum absolute atomic E-state index is 10.3. The van der Waals surface area contributed by atoms with Crippen molar-refractivity contribution >= 4 is 0 Å². The number of benzene rings is 2. The van der Waals surface area contributed by atoms with Gasteiger partial charge in [-0.05, 0) is 17.7 Å². The van der Waals surface area contributed by atoms with Crippen molar-refractivity contribution in [1.82, 2.24) is 0 Å². The van der Waals surface area contributed by atoms with Gasteiger partial charge < -0.3 is 14.6 Å². The highest BCUT2D eigenvalue weighted by Gasteiger charge is 2.20. The van der Waals surface area contributed by atoms with Crippen molar-refractivity contribution in [2.24, 2.45) is 0 Å². The van der Waals surface area contributed by atoms with Crippen LogP contribution in [0.3, 0.4) is 0 Å². The van der Waals surface area contributed by atoms with E-state index in [1.54, 1.807) is 0 Å². The van der Waals surface area contributed by atoms with Gasteiger partial charge in [-0.2, -0.15) is 0 Å². The summed E-state index contributed by atoms with van der Waals surface area (Å²) in [5.41, 5.74) is 2.06. The fraction of sp³-hybridized carbons (Fsp3) is 0.294. The number of para-hydroxylation sites is 2. The molecule has 3 heteroatoms. The van der Waals surface area contributed by atoms with Gasteiger partial charge in [0.25, 0.3) is 0 Å². The van der Waals surface area contributed by atoms with Gasteiger partial charge in [0, 0.05) is 18.4 Å². The summed E-state index contributed by atoms with van der Waals surface area (Å²) in [4.78, 5) is 0. The van der Waals surface area contributed by atoms with E-state index in [9.17, 15) is 5.11 Å². The van der Waals surface area contributed by atoms with Crippen LogP contribution < -0.4 is 9.47 Å². The molecule has 0 aliphatic carbocycles. The molecule has 3 rings (SSSR count). The van der Waals surface area contributed by atoms with Crippen molar-refractivity contribution in [3.8, 4) is 11.5 Å². The van der Waals surface area contributed by atoms with Crippen molar-refractivity contribution in [2.75, 3.05) is 13.2 Å². The zero-order chi connectivity index (χ0) is 13.8. The molecule has 1 atom stereocenters. The van der Waals surface area contributed by atoms with E-state index in [1.165, 1.54) is 5.56 Å². The summed E-state index contributed by atoms with van der Waals surface area (Å²) in [6.07, 6.45) is 0.928. The van der Waals surface area contributed by atoms with E-state index < -0.39 is 6.10 Å². The molecule has 2 aromatic rings. The van der Waals surface area contributed by atoms with E-state index in [-0.39, 0.29) is 0 Å². The van der Waals surface area contributed by atoms with Gasteiger partial charge in [-0.3, -0.25) is 0 Å². The van der Waals surface area contributed by atoms with E-state index in [0.717, 1.165) is 23.5 Å². The molecule has 1 aliphatic heterocycles. The van der Waals surface area contributed by atoms with E-state index in [1.807, 2.05) is 42.5 Å². The van der Waals surface area contributed by atoms with Crippen LogP contribution in [0.25, 0.3) is 0 Å². The van der Waals surface area contributed by atoms with Gasteiger partial charge in [0.2, 0.25) is 0 Å². The molecule has 1 unspecified atom stereocenters. The predicted molar refractivity (Wildman–Crippen MR) is 77.2 cm³/mol. The number of aliphatic hydroxyl groups is 1. The smallest absolute Gasteiger partial charge is 0.128 e. The first-order valence-electron chi connectivity index (χ1n) is 6.95. The minimum atomic E-state index is -0.549. The minimum Gasteiger partial charge on any atom is -0.493 e. The van der Waals surface area contributed by atoms with Crippen LogP contribution >= 0.6 is 0 Å². The third-order valence-electron chi connectivity index (χ3n) is 3.51. The second-order valence-corrected chi connectivity index (χ2v) is 4.90. The molecule has 0 amide bonds. The first-order chi connectivity index (χ1) is 9.84. The first kappa shape index (κ1) is 13.0. The maximum atomic E-state index is 10.3. The molecule has 0 bridgehead atoms. The Balaban J connectivity index is 1.60. The Labute approximate surface area is 118 Å². The van der Waals surface area contributed by atoms with Crippen molar-refractivity contribution in [1.29, 1.82) is 0 Å². The lowest BCUT2D eigenvalue weighted by Crippen LogP contribution is -2.06. The number of hydrogen-bond acceptors (Lipinski definition) is 3. The lowest BCUT2D eigenvalue weighted by molar-refractivity contribution is 0.137. The van der Waals surface area contributed by atoms with Crippen LogP contribution in [0.4, 0.5) is 0 Å². The molecule has 2 aromatic carbocycles. The SMILES string of the molecule is OC(CCOc1ccccc1)c1cccc2c1OCC2. The molecule has 3 nitrogen and oxygen atoms in total. The number of fused-ring (bicyclic) bond motifs is 1. The van der Waals surface area contributed by atoms with E-state index >= 15 is 0 Å². The Kier molecular flexibility index (Phi) is 3.88. The number of hydrogen-bond donors (Lipinski definition) is 1. The molecule has 0 radical (unpaired) electrons. The maximum Gasteiger partial charge on any atom is 0.128 e. The summed E-state index contributed by atoms with van der Waals surface area (Å²) in [6, 6.07) is 15.6. The Morgan fingerprint density at radius 1 is 1.10 bits per heavy atom.